The van der Waals surface area contributed by atoms with Crippen LogP contribution < -0.4 is 0 Å². The van der Waals surface area contributed by atoms with Gasteiger partial charge in [-0.15, -0.1) is 0 Å². The molecular weight excluding hydrogens is 357 g/mol. The molecule has 72 valence electrons. The molecular formula is C10H7BrINO. The minimum Gasteiger partial charge on any atom is -0.293 e. The van der Waals surface area contributed by atoms with Gasteiger partial charge in [0.15, 0.2) is 5.78 Å². The molecule has 0 bridgehead atoms. The summed E-state index contributed by atoms with van der Waals surface area (Å²) in [6.45, 7) is 1.84. The van der Waals surface area contributed by atoms with Crippen molar-refractivity contribution in [2.24, 2.45) is 0 Å². The van der Waals surface area contributed by atoms with Crippen LogP contribution in [0.2, 0.25) is 0 Å². The van der Waals surface area contributed by atoms with Gasteiger partial charge in [0.05, 0.1) is 10.9 Å². The van der Waals surface area contributed by atoms with Crippen molar-refractivity contribution in [1.82, 2.24) is 0 Å². The van der Waals surface area contributed by atoms with Crippen LogP contribution in [0.4, 0.5) is 0 Å². The quantitative estimate of drug-likeness (QED) is 0.460. The molecule has 1 rings (SSSR count). The lowest BCUT2D eigenvalue weighted by molar-refractivity contribution is 0.102. The monoisotopic (exact) mass is 363 g/mol. The van der Waals surface area contributed by atoms with Gasteiger partial charge in [0, 0.05) is 9.13 Å². The number of carbonyl (C=O) groups is 1. The van der Waals surface area contributed by atoms with Gasteiger partial charge in [0.25, 0.3) is 0 Å². The number of carbonyl (C=O) groups excluding carboxylic acids is 1. The van der Waals surface area contributed by atoms with E-state index in [4.69, 9.17) is 5.26 Å². The number of benzene rings is 1. The molecule has 0 aromatic heterocycles. The van der Waals surface area contributed by atoms with Crippen LogP contribution in [0, 0.1) is 21.8 Å². The van der Waals surface area contributed by atoms with Crippen molar-refractivity contribution in [3.8, 4) is 6.07 Å². The van der Waals surface area contributed by atoms with Gasteiger partial charge in [0.1, 0.15) is 6.07 Å². The number of nitriles is 1. The first-order valence-corrected chi connectivity index (χ1v) is 6.09. The Morgan fingerprint density at radius 1 is 1.64 bits per heavy atom. The van der Waals surface area contributed by atoms with Gasteiger partial charge in [-0.05, 0) is 47.2 Å². The Hall–Kier alpha value is -0.410. The normalized spacial score (nSPS) is 9.57. The van der Waals surface area contributed by atoms with E-state index in [1.807, 2.05) is 6.92 Å². The maximum Gasteiger partial charge on any atom is 0.173 e. The van der Waals surface area contributed by atoms with Gasteiger partial charge in [-0.1, -0.05) is 15.9 Å². The molecule has 0 radical (unpaired) electrons. The number of hydrogen-bond donors (Lipinski definition) is 0. The Morgan fingerprint density at radius 3 is 2.79 bits per heavy atom. The molecule has 2 nitrogen and oxygen atoms in total. The number of hydrogen-bond acceptors (Lipinski definition) is 2. The van der Waals surface area contributed by atoms with Gasteiger partial charge in [0.2, 0.25) is 0 Å². The largest absolute Gasteiger partial charge is 0.293 e. The van der Waals surface area contributed by atoms with Crippen LogP contribution in [0.3, 0.4) is 0 Å². The van der Waals surface area contributed by atoms with Crippen LogP contribution in [0.1, 0.15) is 21.5 Å². The number of halogens is 2. The molecule has 0 saturated heterocycles. The Balaban J connectivity index is 3.30. The minimum atomic E-state index is 0.0462. The zero-order valence-corrected chi connectivity index (χ0v) is 11.2. The first-order chi connectivity index (χ1) is 6.60. The Kier molecular flexibility index (Phi) is 4.08. The lowest BCUT2D eigenvalue weighted by atomic mass is 10.0. The topological polar surface area (TPSA) is 40.9 Å². The summed E-state index contributed by atoms with van der Waals surface area (Å²) in [4.78, 5) is 11.5. The molecule has 0 N–H and O–H groups in total. The third-order valence-corrected chi connectivity index (χ3v) is 3.26. The highest BCUT2D eigenvalue weighted by Gasteiger charge is 2.10. The van der Waals surface area contributed by atoms with Crippen LogP contribution in [0.15, 0.2) is 12.1 Å². The number of ketones is 1. The molecule has 1 aromatic rings. The third kappa shape index (κ3) is 2.34. The lowest BCUT2D eigenvalue weighted by Crippen LogP contribution is -2.04. The van der Waals surface area contributed by atoms with Crippen molar-refractivity contribution in [3.63, 3.8) is 0 Å². The summed E-state index contributed by atoms with van der Waals surface area (Å²) >= 11 is 5.19. The number of aryl methyl sites for hydroxylation is 1. The molecule has 0 atom stereocenters. The lowest BCUT2D eigenvalue weighted by Gasteiger charge is -2.04. The molecule has 14 heavy (non-hydrogen) atoms. The standard InChI is InChI=1S/C10H7BrINO/c1-6-2-7(5-13)9(12)3-8(6)10(14)4-11/h2-3H,4H2,1H3. The molecule has 4 heteroatoms. The maximum atomic E-state index is 11.5. The summed E-state index contributed by atoms with van der Waals surface area (Å²) in [5, 5.41) is 9.10. The molecule has 0 unspecified atom stereocenters. The fourth-order valence-corrected chi connectivity index (χ4v) is 2.03. The summed E-state index contributed by atoms with van der Waals surface area (Å²) < 4.78 is 0.819. The van der Waals surface area contributed by atoms with E-state index in [0.717, 1.165) is 9.13 Å². The van der Waals surface area contributed by atoms with Crippen LogP contribution >= 0.6 is 38.5 Å². The van der Waals surface area contributed by atoms with Crippen molar-refractivity contribution < 1.29 is 4.79 Å². The van der Waals surface area contributed by atoms with Crippen molar-refractivity contribution in [2.75, 3.05) is 5.33 Å². The number of nitrogens with zero attached hydrogens (tertiary/aromatic N) is 1. The first-order valence-electron chi connectivity index (χ1n) is 3.89. The van der Waals surface area contributed by atoms with Gasteiger partial charge in [-0.3, -0.25) is 4.79 Å². The second-order valence-electron chi connectivity index (χ2n) is 2.82. The second kappa shape index (κ2) is 4.89. The fraction of sp³-hybridized carbons (Fsp3) is 0.200. The van der Waals surface area contributed by atoms with Gasteiger partial charge >= 0.3 is 0 Å². The van der Waals surface area contributed by atoms with Crippen LogP contribution in [0.5, 0.6) is 0 Å². The molecule has 0 amide bonds. The van der Waals surface area contributed by atoms with Crippen LogP contribution in [-0.4, -0.2) is 11.1 Å². The molecule has 0 aliphatic carbocycles. The smallest absolute Gasteiger partial charge is 0.173 e. The van der Waals surface area contributed by atoms with Crippen molar-refractivity contribution in [2.45, 2.75) is 6.92 Å². The molecule has 0 spiro atoms. The number of rotatable bonds is 2. The first kappa shape index (κ1) is 11.7. The van der Waals surface area contributed by atoms with E-state index in [1.54, 1.807) is 12.1 Å². The van der Waals surface area contributed by atoms with Crippen LogP contribution in [-0.2, 0) is 0 Å². The zero-order chi connectivity index (χ0) is 10.7. The Morgan fingerprint density at radius 2 is 2.29 bits per heavy atom. The predicted molar refractivity (Wildman–Crippen MR) is 66.7 cm³/mol. The molecule has 0 aliphatic heterocycles. The molecule has 0 fully saturated rings. The third-order valence-electron chi connectivity index (χ3n) is 1.86. The fourth-order valence-electron chi connectivity index (χ4n) is 1.14. The van der Waals surface area contributed by atoms with E-state index < -0.39 is 0 Å². The predicted octanol–water partition coefficient (Wildman–Crippen LogP) is 3.05. The SMILES string of the molecule is Cc1cc(C#N)c(I)cc1C(=O)CBr. The minimum absolute atomic E-state index is 0.0462. The molecule has 1 aromatic carbocycles. The average Bonchev–Trinajstić information content (AvgIpc) is 2.19. The summed E-state index contributed by atoms with van der Waals surface area (Å²) in [5.74, 6) is 0.0462. The molecule has 0 aliphatic rings. The van der Waals surface area contributed by atoms with Gasteiger partial charge in [-0.25, -0.2) is 0 Å². The van der Waals surface area contributed by atoms with Crippen molar-refractivity contribution >= 4 is 44.3 Å². The molecule has 0 saturated carbocycles. The summed E-state index contributed by atoms with van der Waals surface area (Å²) in [7, 11) is 0. The Labute approximate surface area is 105 Å². The van der Waals surface area contributed by atoms with E-state index >= 15 is 0 Å². The van der Waals surface area contributed by atoms with Gasteiger partial charge in [-0.2, -0.15) is 5.26 Å². The average molecular weight is 364 g/mol. The van der Waals surface area contributed by atoms with E-state index in [0.29, 0.717) is 16.5 Å². The second-order valence-corrected chi connectivity index (χ2v) is 4.54. The van der Waals surface area contributed by atoms with E-state index in [1.165, 1.54) is 0 Å². The highest BCUT2D eigenvalue weighted by molar-refractivity contribution is 14.1. The Bertz CT molecular complexity index is 423. The number of alkyl halides is 1. The maximum absolute atomic E-state index is 11.5. The van der Waals surface area contributed by atoms with E-state index in [-0.39, 0.29) is 5.78 Å². The number of Topliss-reactive ketones (excluding diaryl/α,β-unsaturated/α-hetero) is 1. The molecule has 0 heterocycles. The summed E-state index contributed by atoms with van der Waals surface area (Å²) in [6.07, 6.45) is 0. The van der Waals surface area contributed by atoms with E-state index in [2.05, 4.69) is 44.6 Å². The van der Waals surface area contributed by atoms with E-state index in [9.17, 15) is 4.79 Å². The zero-order valence-electron chi connectivity index (χ0n) is 7.47. The highest BCUT2D eigenvalue weighted by atomic mass is 127. The van der Waals surface area contributed by atoms with Crippen molar-refractivity contribution in [1.29, 1.82) is 5.26 Å². The summed E-state index contributed by atoms with van der Waals surface area (Å²) in [6, 6.07) is 5.60. The van der Waals surface area contributed by atoms with Crippen molar-refractivity contribution in [3.05, 3.63) is 32.4 Å². The van der Waals surface area contributed by atoms with Crippen LogP contribution in [0.25, 0.3) is 0 Å². The highest BCUT2D eigenvalue weighted by Crippen LogP contribution is 2.18. The summed E-state index contributed by atoms with van der Waals surface area (Å²) in [5.41, 5.74) is 2.16. The van der Waals surface area contributed by atoms with Gasteiger partial charge < -0.3 is 0 Å².